The van der Waals surface area contributed by atoms with Crippen LogP contribution in [0.2, 0.25) is 0 Å². The Morgan fingerprint density at radius 2 is 2.20 bits per heavy atom. The maximum atomic E-state index is 4.62. The zero-order valence-electron chi connectivity index (χ0n) is 11.0. The lowest BCUT2D eigenvalue weighted by atomic mass is 10.3. The lowest BCUT2D eigenvalue weighted by Gasteiger charge is -2.01. The molecule has 0 aliphatic heterocycles. The van der Waals surface area contributed by atoms with Crippen molar-refractivity contribution in [3.05, 3.63) is 30.0 Å². The number of thiazole rings is 1. The molecule has 20 heavy (non-hydrogen) atoms. The first kappa shape index (κ1) is 13.8. The summed E-state index contributed by atoms with van der Waals surface area (Å²) in [5.41, 5.74) is 2.09. The summed E-state index contributed by atoms with van der Waals surface area (Å²) < 4.78 is 6.34. The fraction of sp³-hybridized carbons (Fsp3) is 0.308. The van der Waals surface area contributed by atoms with Gasteiger partial charge in [-0.25, -0.2) is 4.98 Å². The number of hydrogen-bond donors (Lipinski definition) is 1. The average Bonchev–Trinajstić information content (AvgIpc) is 3.08. The monoisotopic (exact) mass is 322 g/mol. The van der Waals surface area contributed by atoms with Gasteiger partial charge in [0, 0.05) is 23.8 Å². The second kappa shape index (κ2) is 6.51. The van der Waals surface area contributed by atoms with Gasteiger partial charge in [0.05, 0.1) is 10.2 Å². The van der Waals surface area contributed by atoms with Gasteiger partial charge in [0.25, 0.3) is 0 Å². The van der Waals surface area contributed by atoms with Crippen LogP contribution in [0.1, 0.15) is 19.0 Å². The molecule has 1 N–H and O–H groups in total. The number of nitrogens with one attached hydrogen (secondary N) is 1. The van der Waals surface area contributed by atoms with Crippen LogP contribution in [0.15, 0.2) is 28.6 Å². The number of hydrogen-bond acceptors (Lipinski definition) is 7. The Morgan fingerprint density at radius 1 is 1.30 bits per heavy atom. The van der Waals surface area contributed by atoms with Crippen molar-refractivity contribution in [2.24, 2.45) is 0 Å². The molecule has 4 nitrogen and oxygen atoms in total. The molecule has 2 heterocycles. The van der Waals surface area contributed by atoms with Crippen molar-refractivity contribution in [1.82, 2.24) is 14.6 Å². The summed E-state index contributed by atoms with van der Waals surface area (Å²) in [6.45, 7) is 3.11. The van der Waals surface area contributed by atoms with Gasteiger partial charge in [0.2, 0.25) is 0 Å². The Kier molecular flexibility index (Phi) is 4.49. The second-order valence-corrected chi connectivity index (χ2v) is 7.22. The quantitative estimate of drug-likeness (QED) is 0.687. The highest BCUT2D eigenvalue weighted by atomic mass is 32.2. The fourth-order valence-electron chi connectivity index (χ4n) is 1.72. The molecular weight excluding hydrogens is 308 g/mol. The summed E-state index contributed by atoms with van der Waals surface area (Å²) >= 11 is 4.88. The number of thioether (sulfide) groups is 1. The van der Waals surface area contributed by atoms with Crippen LogP contribution in [-0.4, -0.2) is 21.1 Å². The van der Waals surface area contributed by atoms with E-state index in [4.69, 9.17) is 0 Å². The SMILES string of the molecule is CCCNc1snnc1CSc1nc2ccccc2s1. The van der Waals surface area contributed by atoms with Gasteiger partial charge < -0.3 is 5.32 Å². The van der Waals surface area contributed by atoms with E-state index in [1.54, 1.807) is 23.1 Å². The van der Waals surface area contributed by atoms with Gasteiger partial charge in [-0.3, -0.25) is 0 Å². The highest BCUT2D eigenvalue weighted by molar-refractivity contribution is 8.00. The third-order valence-electron chi connectivity index (χ3n) is 2.70. The Labute approximate surface area is 129 Å². The molecular formula is C13H14N4S3. The summed E-state index contributed by atoms with van der Waals surface area (Å²) in [4.78, 5) is 4.62. The minimum absolute atomic E-state index is 0.808. The summed E-state index contributed by atoms with van der Waals surface area (Å²) in [6, 6.07) is 8.23. The molecule has 1 aromatic carbocycles. The molecule has 0 saturated heterocycles. The van der Waals surface area contributed by atoms with Crippen molar-refractivity contribution >= 4 is 49.8 Å². The van der Waals surface area contributed by atoms with Gasteiger partial charge in [-0.1, -0.05) is 35.3 Å². The van der Waals surface area contributed by atoms with Gasteiger partial charge in [0.1, 0.15) is 10.7 Å². The highest BCUT2D eigenvalue weighted by Gasteiger charge is 2.10. The number of anilines is 1. The molecule has 0 aliphatic rings. The molecule has 0 bridgehead atoms. The van der Waals surface area contributed by atoms with Crippen LogP contribution in [-0.2, 0) is 5.75 Å². The Balaban J connectivity index is 1.68. The van der Waals surface area contributed by atoms with E-state index in [-0.39, 0.29) is 0 Å². The number of aromatic nitrogens is 3. The third kappa shape index (κ3) is 3.11. The van der Waals surface area contributed by atoms with E-state index < -0.39 is 0 Å². The van der Waals surface area contributed by atoms with Crippen LogP contribution < -0.4 is 5.32 Å². The Hall–Kier alpha value is -1.18. The van der Waals surface area contributed by atoms with Gasteiger partial charge in [-0.15, -0.1) is 16.4 Å². The standard InChI is InChI=1S/C13H14N4S3/c1-2-7-14-12-10(16-17-20-12)8-18-13-15-9-5-3-4-6-11(9)19-13/h3-6,14H,2,7-8H2,1H3. The average molecular weight is 322 g/mol. The van der Waals surface area contributed by atoms with Crippen molar-refractivity contribution in [3.63, 3.8) is 0 Å². The van der Waals surface area contributed by atoms with Crippen LogP contribution in [0.5, 0.6) is 0 Å². The minimum Gasteiger partial charge on any atom is -0.374 e. The van der Waals surface area contributed by atoms with Crippen LogP contribution in [0.4, 0.5) is 5.00 Å². The van der Waals surface area contributed by atoms with E-state index in [1.807, 2.05) is 12.1 Å². The van der Waals surface area contributed by atoms with Crippen molar-refractivity contribution in [2.75, 3.05) is 11.9 Å². The Bertz CT molecular complexity index is 659. The molecule has 0 aliphatic carbocycles. The molecule has 0 fully saturated rings. The van der Waals surface area contributed by atoms with Gasteiger partial charge in [-0.2, -0.15) is 0 Å². The first-order chi connectivity index (χ1) is 9.86. The van der Waals surface area contributed by atoms with Gasteiger partial charge in [-0.05, 0) is 18.6 Å². The summed E-state index contributed by atoms with van der Waals surface area (Å²) in [5.74, 6) is 0.808. The summed E-state index contributed by atoms with van der Waals surface area (Å²) in [5, 5.41) is 8.65. The molecule has 0 spiro atoms. The van der Waals surface area contributed by atoms with Crippen molar-refractivity contribution in [2.45, 2.75) is 23.4 Å². The van der Waals surface area contributed by atoms with Gasteiger partial charge in [0.15, 0.2) is 4.34 Å². The largest absolute Gasteiger partial charge is 0.374 e. The first-order valence-corrected chi connectivity index (χ1v) is 8.98. The Morgan fingerprint density at radius 3 is 3.05 bits per heavy atom. The van der Waals surface area contributed by atoms with Crippen LogP contribution in [0.25, 0.3) is 10.2 Å². The molecule has 2 aromatic heterocycles. The van der Waals surface area contributed by atoms with E-state index in [0.29, 0.717) is 0 Å². The summed E-state index contributed by atoms with van der Waals surface area (Å²) in [7, 11) is 0. The topological polar surface area (TPSA) is 50.7 Å². The smallest absolute Gasteiger partial charge is 0.151 e. The first-order valence-electron chi connectivity index (χ1n) is 6.40. The normalized spacial score (nSPS) is 11.1. The number of benzene rings is 1. The summed E-state index contributed by atoms with van der Waals surface area (Å²) in [6.07, 6.45) is 1.10. The van der Waals surface area contributed by atoms with E-state index >= 15 is 0 Å². The number of nitrogens with zero attached hydrogens (tertiary/aromatic N) is 3. The molecule has 0 saturated carbocycles. The zero-order chi connectivity index (χ0) is 13.8. The van der Waals surface area contributed by atoms with Crippen LogP contribution in [0, 0.1) is 0 Å². The molecule has 3 rings (SSSR count). The van der Waals surface area contributed by atoms with Crippen molar-refractivity contribution < 1.29 is 0 Å². The predicted octanol–water partition coefficient (Wildman–Crippen LogP) is 4.26. The maximum Gasteiger partial charge on any atom is 0.151 e. The number of fused-ring (bicyclic) bond motifs is 1. The molecule has 0 amide bonds. The van der Waals surface area contributed by atoms with Crippen LogP contribution in [0.3, 0.4) is 0 Å². The number of para-hydroxylation sites is 1. The second-order valence-electron chi connectivity index (χ2n) is 4.21. The lowest BCUT2D eigenvalue weighted by Crippen LogP contribution is -2.00. The molecule has 3 aromatic rings. The molecule has 0 atom stereocenters. The molecule has 104 valence electrons. The van der Waals surface area contributed by atoms with Crippen molar-refractivity contribution in [1.29, 1.82) is 0 Å². The van der Waals surface area contributed by atoms with Gasteiger partial charge >= 0.3 is 0 Å². The predicted molar refractivity (Wildman–Crippen MR) is 87.9 cm³/mol. The molecule has 7 heteroatoms. The third-order valence-corrected chi connectivity index (χ3v) is 5.61. The number of rotatable bonds is 6. The highest BCUT2D eigenvalue weighted by Crippen LogP contribution is 2.32. The lowest BCUT2D eigenvalue weighted by molar-refractivity contribution is 0.976. The van der Waals surface area contributed by atoms with E-state index in [2.05, 4.69) is 38.9 Å². The maximum absolute atomic E-state index is 4.62. The fourth-order valence-corrected chi connectivity index (χ4v) is 4.42. The molecule has 0 radical (unpaired) electrons. The van der Waals surface area contributed by atoms with Crippen molar-refractivity contribution in [3.8, 4) is 0 Å². The minimum atomic E-state index is 0.808. The van der Waals surface area contributed by atoms with E-state index in [1.165, 1.54) is 16.2 Å². The molecule has 0 unspecified atom stereocenters. The van der Waals surface area contributed by atoms with E-state index in [0.717, 1.165) is 39.3 Å². The van der Waals surface area contributed by atoms with E-state index in [9.17, 15) is 0 Å². The van der Waals surface area contributed by atoms with Crippen LogP contribution >= 0.6 is 34.6 Å². The zero-order valence-corrected chi connectivity index (χ0v) is 13.4.